The molecule has 8 heteroatoms. The van der Waals surface area contributed by atoms with Crippen LogP contribution in [-0.4, -0.2) is 33.5 Å². The van der Waals surface area contributed by atoms with E-state index >= 15 is 0 Å². The molecule has 66 heavy (non-hydrogen) atoms. The van der Waals surface area contributed by atoms with Gasteiger partial charge in [-0.3, -0.25) is 18.5 Å². The first-order chi connectivity index (χ1) is 32.8. The van der Waals surface area contributed by atoms with Gasteiger partial charge >= 0.3 is 0 Å². The normalized spacial score (nSPS) is 11.9. The van der Waals surface area contributed by atoms with Gasteiger partial charge in [-0.1, -0.05) is 152 Å². The van der Waals surface area contributed by atoms with E-state index in [-0.39, 0.29) is 0 Å². The van der Waals surface area contributed by atoms with Crippen molar-refractivity contribution in [3.8, 4) is 56.5 Å². The van der Waals surface area contributed by atoms with Gasteiger partial charge in [0.05, 0.1) is 55.1 Å². The summed E-state index contributed by atoms with van der Waals surface area (Å²) in [5, 5.41) is 4.68. The molecule has 6 heterocycles. The first-order valence-electron chi connectivity index (χ1n) is 22.1. The lowest BCUT2D eigenvalue weighted by Crippen LogP contribution is -2.04. The highest BCUT2D eigenvalue weighted by atomic mass is 32.1. The van der Waals surface area contributed by atoms with Crippen molar-refractivity contribution in [2.75, 3.05) is 0 Å². The lowest BCUT2D eigenvalue weighted by Gasteiger charge is -2.16. The Morgan fingerprint density at radius 2 is 1.03 bits per heavy atom. The predicted molar refractivity (Wildman–Crippen MR) is 272 cm³/mol. The third-order valence-electron chi connectivity index (χ3n) is 13.0. The number of rotatable bonds is 6. The molecule has 0 N–H and O–H groups in total. The van der Waals surface area contributed by atoms with Gasteiger partial charge in [0.15, 0.2) is 0 Å². The average molecular weight is 862 g/mol. The molecule has 0 aliphatic rings. The Morgan fingerprint density at radius 3 is 1.80 bits per heavy atom. The van der Waals surface area contributed by atoms with Crippen LogP contribution in [0.25, 0.3) is 126 Å². The smallest absolute Gasteiger partial charge is 0.235 e. The second kappa shape index (κ2) is 14.4. The van der Waals surface area contributed by atoms with Gasteiger partial charge in [0.2, 0.25) is 11.7 Å². The second-order valence-corrected chi connectivity index (χ2v) is 17.7. The van der Waals surface area contributed by atoms with E-state index in [0.717, 1.165) is 100 Å². The van der Waals surface area contributed by atoms with Gasteiger partial charge in [-0.05, 0) is 60.2 Å². The highest BCUT2D eigenvalue weighted by Gasteiger charge is 2.25. The maximum Gasteiger partial charge on any atom is 0.235 e. The minimum atomic E-state index is 0.587. The Kier molecular flexibility index (Phi) is 8.02. The molecule has 0 radical (unpaired) electrons. The van der Waals surface area contributed by atoms with E-state index < -0.39 is 0 Å². The number of fused-ring (bicyclic) bond motifs is 12. The Balaban J connectivity index is 1.04. The Hall–Kier alpha value is -8.72. The zero-order valence-electron chi connectivity index (χ0n) is 35.2. The summed E-state index contributed by atoms with van der Waals surface area (Å²) in [6.45, 7) is 0. The molecule has 0 aliphatic heterocycles. The minimum Gasteiger partial charge on any atom is -0.278 e. The van der Waals surface area contributed by atoms with Gasteiger partial charge in [0.1, 0.15) is 5.52 Å². The van der Waals surface area contributed by atoms with Crippen molar-refractivity contribution in [1.29, 1.82) is 0 Å². The monoisotopic (exact) mass is 861 g/mol. The fourth-order valence-electron chi connectivity index (χ4n) is 10.1. The quantitative estimate of drug-likeness (QED) is 0.167. The molecular weight excluding hydrogens is 827 g/mol. The van der Waals surface area contributed by atoms with E-state index in [1.807, 2.05) is 18.3 Å². The number of nitrogens with zero attached hydrogens (tertiary/aromatic N) is 7. The van der Waals surface area contributed by atoms with Crippen molar-refractivity contribution in [3.05, 3.63) is 212 Å². The van der Waals surface area contributed by atoms with E-state index in [0.29, 0.717) is 5.95 Å². The molecule has 7 nitrogen and oxygen atoms in total. The summed E-state index contributed by atoms with van der Waals surface area (Å²) in [4.78, 5) is 21.5. The zero-order chi connectivity index (χ0) is 43.3. The van der Waals surface area contributed by atoms with E-state index in [4.69, 9.17) is 19.9 Å². The first kappa shape index (κ1) is 36.7. The molecule has 0 atom stereocenters. The Labute approximate surface area is 381 Å². The van der Waals surface area contributed by atoms with Crippen LogP contribution in [-0.2, 0) is 0 Å². The van der Waals surface area contributed by atoms with Crippen LogP contribution in [0, 0.1) is 0 Å². The maximum atomic E-state index is 5.72. The van der Waals surface area contributed by atoms with Crippen molar-refractivity contribution in [2.24, 2.45) is 0 Å². The van der Waals surface area contributed by atoms with Gasteiger partial charge in [0, 0.05) is 54.7 Å². The van der Waals surface area contributed by atoms with Gasteiger partial charge in [-0.2, -0.15) is 0 Å². The van der Waals surface area contributed by atoms with Crippen LogP contribution >= 0.6 is 11.3 Å². The molecule has 0 saturated carbocycles. The summed E-state index contributed by atoms with van der Waals surface area (Å²) in [5.74, 6) is 1.40. The second-order valence-electron chi connectivity index (χ2n) is 16.6. The van der Waals surface area contributed by atoms with E-state index in [9.17, 15) is 0 Å². The molecular formula is C58H35N7S. The van der Waals surface area contributed by atoms with Crippen LogP contribution in [0.3, 0.4) is 0 Å². The molecule has 308 valence electrons. The summed E-state index contributed by atoms with van der Waals surface area (Å²) in [6, 6.07) is 72.6. The van der Waals surface area contributed by atoms with Crippen LogP contribution in [0.1, 0.15) is 0 Å². The zero-order valence-corrected chi connectivity index (χ0v) is 36.1. The molecule has 14 rings (SSSR count). The fourth-order valence-corrected chi connectivity index (χ4v) is 11.3. The third-order valence-corrected chi connectivity index (χ3v) is 14.2. The number of imidazole rings is 2. The number of hydrogen-bond donors (Lipinski definition) is 0. The van der Waals surface area contributed by atoms with Crippen LogP contribution < -0.4 is 0 Å². The largest absolute Gasteiger partial charge is 0.278 e. The highest BCUT2D eigenvalue weighted by molar-refractivity contribution is 7.26. The van der Waals surface area contributed by atoms with E-state index in [2.05, 4.69) is 208 Å². The van der Waals surface area contributed by atoms with Gasteiger partial charge in [-0.15, -0.1) is 11.3 Å². The maximum absolute atomic E-state index is 5.72. The summed E-state index contributed by atoms with van der Waals surface area (Å²) < 4.78 is 9.30. The van der Waals surface area contributed by atoms with E-state index in [1.54, 1.807) is 11.3 Å². The van der Waals surface area contributed by atoms with Gasteiger partial charge in [0.25, 0.3) is 0 Å². The summed E-state index contributed by atoms with van der Waals surface area (Å²) in [5.41, 5.74) is 15.0. The van der Waals surface area contributed by atoms with Crippen molar-refractivity contribution >= 4 is 81.2 Å². The predicted octanol–water partition coefficient (Wildman–Crippen LogP) is 14.7. The lowest BCUT2D eigenvalue weighted by atomic mass is 9.95. The summed E-state index contributed by atoms with van der Waals surface area (Å²) >= 11 is 1.80. The van der Waals surface area contributed by atoms with Crippen LogP contribution in [0.5, 0.6) is 0 Å². The summed E-state index contributed by atoms with van der Waals surface area (Å²) in [6.07, 6.45) is 1.95. The molecule has 8 aromatic carbocycles. The Bertz CT molecular complexity index is 4180. The lowest BCUT2D eigenvalue weighted by molar-refractivity contribution is 0.997. The molecule has 0 saturated heterocycles. The number of benzene rings is 8. The fraction of sp³-hybridized carbons (Fsp3) is 0. The molecule has 14 aromatic rings. The van der Waals surface area contributed by atoms with Crippen molar-refractivity contribution in [1.82, 2.24) is 33.5 Å². The minimum absolute atomic E-state index is 0.587. The number of para-hydroxylation sites is 4. The highest BCUT2D eigenvalue weighted by Crippen LogP contribution is 2.44. The number of aromatic nitrogens is 7. The number of pyridine rings is 1. The molecule has 0 bridgehead atoms. The van der Waals surface area contributed by atoms with Crippen molar-refractivity contribution in [3.63, 3.8) is 0 Å². The molecule has 0 spiro atoms. The molecule has 0 aliphatic carbocycles. The van der Waals surface area contributed by atoms with E-state index in [1.165, 1.54) is 20.2 Å². The first-order valence-corrected chi connectivity index (χ1v) is 22.9. The molecule has 0 unspecified atom stereocenters. The van der Waals surface area contributed by atoms with Crippen molar-refractivity contribution < 1.29 is 0 Å². The molecule has 0 fully saturated rings. The molecule has 6 aromatic heterocycles. The molecule has 0 amide bonds. The third kappa shape index (κ3) is 5.42. The number of hydrogen-bond acceptors (Lipinski definition) is 5. The van der Waals surface area contributed by atoms with Crippen LogP contribution in [0.2, 0.25) is 0 Å². The summed E-state index contributed by atoms with van der Waals surface area (Å²) in [7, 11) is 0. The SMILES string of the molecule is c1ccc(-c2cc(-c3ccccc3)nc(-n3c4ccccc4c4ccc5c(nc6n(-c7ccccc7-c7ccccc7-c7nccc8c7sc7ccccc78)c7ccccc7n56)c43)n2)cc1. The Morgan fingerprint density at radius 1 is 0.409 bits per heavy atom. The average Bonchev–Trinajstić information content (AvgIpc) is 4.14. The van der Waals surface area contributed by atoms with Crippen LogP contribution in [0.15, 0.2) is 212 Å². The van der Waals surface area contributed by atoms with Crippen LogP contribution in [0.4, 0.5) is 0 Å². The van der Waals surface area contributed by atoms with Gasteiger partial charge in [-0.25, -0.2) is 15.0 Å². The number of thiophene rings is 1. The van der Waals surface area contributed by atoms with Gasteiger partial charge < -0.3 is 0 Å². The topological polar surface area (TPSA) is 65.8 Å². The standard InChI is InChI=1S/C58H35N7S/c1-3-17-36(18-4-1)45-35-46(37-19-5-2-6-20-37)61-57(60-45)65-48-27-13-10-23-40(48)43-31-32-51-54(55(43)65)62-58-63(49-28-14-15-29-50(49)64(51)58)47-26-12-9-22-39(47)38-21-7-8-25-42(38)53-56-44(33-34-59-53)41-24-11-16-30-52(41)66-56/h1-35H. The van der Waals surface area contributed by atoms with Crippen molar-refractivity contribution in [2.45, 2.75) is 0 Å².